The van der Waals surface area contributed by atoms with Crippen molar-refractivity contribution in [3.8, 4) is 0 Å². The fourth-order valence-corrected chi connectivity index (χ4v) is 2.19. The average molecular weight is 380 g/mol. The first-order valence-corrected chi connectivity index (χ1v) is 7.95. The van der Waals surface area contributed by atoms with Crippen molar-refractivity contribution in [1.29, 1.82) is 0 Å². The molecule has 2 aromatic rings. The first-order chi connectivity index (χ1) is 12.0. The zero-order valence-electron chi connectivity index (χ0n) is 14.5. The Morgan fingerprint density at radius 1 is 1.12 bits per heavy atom. The first kappa shape index (κ1) is 21.4. The Morgan fingerprint density at radius 2 is 1.77 bits per heavy atom. The Kier molecular flexibility index (Phi) is 9.11. The topological polar surface area (TPSA) is 84.7 Å². The molecule has 0 aliphatic heterocycles. The largest absolute Gasteiger partial charge is 0.448 e. The van der Waals surface area contributed by atoms with E-state index >= 15 is 0 Å². The molecule has 0 fully saturated rings. The number of rotatable bonds is 8. The van der Waals surface area contributed by atoms with E-state index in [2.05, 4.69) is 22.3 Å². The molecular weight excluding hydrogens is 358 g/mol. The fraction of sp³-hybridized carbons (Fsp3) is 0.278. The molecule has 7 nitrogen and oxygen atoms in total. The van der Waals surface area contributed by atoms with Crippen LogP contribution in [0.3, 0.4) is 0 Å². The molecule has 0 heterocycles. The van der Waals surface area contributed by atoms with Crippen LogP contribution >= 0.6 is 12.4 Å². The molecule has 0 aliphatic rings. The maximum atomic E-state index is 11.7. The normalized spacial score (nSPS) is 10.1. The van der Waals surface area contributed by atoms with Crippen LogP contribution in [0.25, 0.3) is 0 Å². The Morgan fingerprint density at radius 3 is 2.38 bits per heavy atom. The van der Waals surface area contributed by atoms with Gasteiger partial charge in [0, 0.05) is 30.9 Å². The van der Waals surface area contributed by atoms with Gasteiger partial charge >= 0.3 is 6.09 Å². The summed E-state index contributed by atoms with van der Waals surface area (Å²) in [6.45, 7) is 1.77. The summed E-state index contributed by atoms with van der Waals surface area (Å²) < 4.78 is 5.12. The van der Waals surface area contributed by atoms with E-state index in [-0.39, 0.29) is 24.7 Å². The van der Waals surface area contributed by atoms with Crippen molar-refractivity contribution in [3.05, 3.63) is 70.3 Å². The van der Waals surface area contributed by atoms with Gasteiger partial charge in [-0.15, -0.1) is 12.4 Å². The van der Waals surface area contributed by atoms with Crippen molar-refractivity contribution in [1.82, 2.24) is 4.90 Å². The van der Waals surface area contributed by atoms with Crippen LogP contribution in [0, 0.1) is 10.1 Å². The van der Waals surface area contributed by atoms with E-state index in [9.17, 15) is 14.9 Å². The zero-order chi connectivity index (χ0) is 18.1. The number of amides is 1. The molecule has 0 aromatic heterocycles. The summed E-state index contributed by atoms with van der Waals surface area (Å²) in [5.41, 5.74) is 1.69. The number of hydrogen-bond donors (Lipinski definition) is 1. The lowest BCUT2D eigenvalue weighted by atomic mass is 10.1. The second kappa shape index (κ2) is 11.1. The van der Waals surface area contributed by atoms with Crippen LogP contribution in [-0.2, 0) is 11.2 Å². The van der Waals surface area contributed by atoms with Gasteiger partial charge in [-0.3, -0.25) is 15.4 Å². The van der Waals surface area contributed by atoms with Crippen LogP contribution in [0.5, 0.6) is 0 Å². The summed E-state index contributed by atoms with van der Waals surface area (Å²) in [7, 11) is 1.97. The van der Waals surface area contributed by atoms with Crippen LogP contribution in [0.4, 0.5) is 16.2 Å². The zero-order valence-corrected chi connectivity index (χ0v) is 15.3. The van der Waals surface area contributed by atoms with E-state index in [4.69, 9.17) is 4.74 Å². The van der Waals surface area contributed by atoms with Gasteiger partial charge in [-0.25, -0.2) is 4.79 Å². The Labute approximate surface area is 158 Å². The van der Waals surface area contributed by atoms with Crippen molar-refractivity contribution in [2.24, 2.45) is 0 Å². The number of nitrogens with one attached hydrogen (secondary N) is 1. The summed E-state index contributed by atoms with van der Waals surface area (Å²) in [5, 5.41) is 13.1. The van der Waals surface area contributed by atoms with Gasteiger partial charge in [-0.2, -0.15) is 0 Å². The SMILES string of the molecule is CN(CCOC(=O)Nc1ccc([N+](=O)[O-])cc1)CCc1ccccc1.Cl. The first-order valence-electron chi connectivity index (χ1n) is 7.95. The second-order valence-corrected chi connectivity index (χ2v) is 5.60. The number of benzene rings is 2. The summed E-state index contributed by atoms with van der Waals surface area (Å²) in [6, 6.07) is 15.8. The number of nitro benzene ring substituents is 1. The van der Waals surface area contributed by atoms with E-state index < -0.39 is 11.0 Å². The van der Waals surface area contributed by atoms with Crippen LogP contribution < -0.4 is 5.32 Å². The number of nitrogens with zero attached hydrogens (tertiary/aromatic N) is 2. The molecule has 0 aliphatic carbocycles. The second-order valence-electron chi connectivity index (χ2n) is 5.60. The van der Waals surface area contributed by atoms with Gasteiger partial charge < -0.3 is 9.64 Å². The van der Waals surface area contributed by atoms with E-state index in [1.165, 1.54) is 29.8 Å². The summed E-state index contributed by atoms with van der Waals surface area (Å²) in [6.07, 6.45) is 0.358. The van der Waals surface area contributed by atoms with Gasteiger partial charge in [0.05, 0.1) is 4.92 Å². The van der Waals surface area contributed by atoms with Crippen LogP contribution in [0.1, 0.15) is 5.56 Å². The van der Waals surface area contributed by atoms with Gasteiger partial charge in [0.15, 0.2) is 0 Å². The summed E-state index contributed by atoms with van der Waals surface area (Å²) in [5.74, 6) is 0. The molecule has 0 bridgehead atoms. The minimum absolute atomic E-state index is 0. The number of halogens is 1. The minimum Gasteiger partial charge on any atom is -0.448 e. The predicted octanol–water partition coefficient (Wildman–Crippen LogP) is 3.74. The lowest BCUT2D eigenvalue weighted by Gasteiger charge is -2.16. The number of carbonyl (C=O) groups is 1. The smallest absolute Gasteiger partial charge is 0.411 e. The average Bonchev–Trinajstić information content (AvgIpc) is 2.61. The van der Waals surface area contributed by atoms with Gasteiger partial charge in [-0.1, -0.05) is 30.3 Å². The van der Waals surface area contributed by atoms with E-state index in [0.29, 0.717) is 12.2 Å². The Balaban J connectivity index is 0.00000338. The Bertz CT molecular complexity index is 695. The monoisotopic (exact) mass is 379 g/mol. The van der Waals surface area contributed by atoms with E-state index in [1.54, 1.807) is 0 Å². The van der Waals surface area contributed by atoms with Crippen molar-refractivity contribution in [2.75, 3.05) is 32.1 Å². The summed E-state index contributed by atoms with van der Waals surface area (Å²) in [4.78, 5) is 23.9. The number of non-ortho nitro benzene ring substituents is 1. The van der Waals surface area contributed by atoms with Crippen molar-refractivity contribution < 1.29 is 14.5 Å². The molecular formula is C18H22ClN3O4. The molecule has 0 spiro atoms. The number of anilines is 1. The maximum absolute atomic E-state index is 11.7. The molecule has 0 radical (unpaired) electrons. The molecule has 0 unspecified atom stereocenters. The molecule has 1 N–H and O–H groups in total. The molecule has 0 saturated heterocycles. The molecule has 0 saturated carbocycles. The number of hydrogen-bond acceptors (Lipinski definition) is 5. The van der Waals surface area contributed by atoms with Crippen molar-refractivity contribution in [2.45, 2.75) is 6.42 Å². The number of ether oxygens (including phenoxy) is 1. The lowest BCUT2D eigenvalue weighted by Crippen LogP contribution is -2.27. The molecule has 0 atom stereocenters. The fourth-order valence-electron chi connectivity index (χ4n) is 2.19. The van der Waals surface area contributed by atoms with Crippen molar-refractivity contribution in [3.63, 3.8) is 0 Å². The third-order valence-corrected chi connectivity index (χ3v) is 3.66. The number of nitro groups is 1. The molecule has 1 amide bonds. The molecule has 2 aromatic carbocycles. The van der Waals surface area contributed by atoms with E-state index in [1.807, 2.05) is 25.2 Å². The molecule has 140 valence electrons. The van der Waals surface area contributed by atoms with Gasteiger partial charge in [-0.05, 0) is 31.2 Å². The Hall–Kier alpha value is -2.64. The highest BCUT2D eigenvalue weighted by molar-refractivity contribution is 5.85. The maximum Gasteiger partial charge on any atom is 0.411 e. The van der Waals surface area contributed by atoms with Gasteiger partial charge in [0.25, 0.3) is 5.69 Å². The molecule has 8 heteroatoms. The number of likely N-dealkylation sites (N-methyl/N-ethyl adjacent to an activating group) is 1. The lowest BCUT2D eigenvalue weighted by molar-refractivity contribution is -0.384. The standard InChI is InChI=1S/C18H21N3O4.ClH/c1-20(12-11-15-5-3-2-4-6-15)13-14-25-18(22)19-16-7-9-17(10-8-16)21(23)24;/h2-10H,11-14H2,1H3,(H,19,22);1H. The predicted molar refractivity (Wildman–Crippen MR) is 103 cm³/mol. The van der Waals surface area contributed by atoms with Crippen LogP contribution in [-0.4, -0.2) is 42.7 Å². The third kappa shape index (κ3) is 7.50. The third-order valence-electron chi connectivity index (χ3n) is 3.66. The summed E-state index contributed by atoms with van der Waals surface area (Å²) >= 11 is 0. The quantitative estimate of drug-likeness (QED) is 0.557. The number of carbonyl (C=O) groups excluding carboxylic acids is 1. The van der Waals surface area contributed by atoms with Gasteiger partial charge in [0.1, 0.15) is 6.61 Å². The highest BCUT2D eigenvalue weighted by Gasteiger charge is 2.07. The van der Waals surface area contributed by atoms with Crippen LogP contribution in [0.2, 0.25) is 0 Å². The van der Waals surface area contributed by atoms with Crippen molar-refractivity contribution >= 4 is 29.9 Å². The highest BCUT2D eigenvalue weighted by atomic mass is 35.5. The molecule has 2 rings (SSSR count). The minimum atomic E-state index is -0.578. The highest BCUT2D eigenvalue weighted by Crippen LogP contribution is 2.15. The van der Waals surface area contributed by atoms with Gasteiger partial charge in [0.2, 0.25) is 0 Å². The van der Waals surface area contributed by atoms with E-state index in [0.717, 1.165) is 13.0 Å². The molecule has 26 heavy (non-hydrogen) atoms. The van der Waals surface area contributed by atoms with Crippen LogP contribution in [0.15, 0.2) is 54.6 Å².